The highest BCUT2D eigenvalue weighted by atomic mass is 16.2. The lowest BCUT2D eigenvalue weighted by Gasteiger charge is -2.35. The van der Waals surface area contributed by atoms with Crippen LogP contribution in [0.4, 0.5) is 17.5 Å². The lowest BCUT2D eigenvalue weighted by Crippen LogP contribution is -2.48. The van der Waals surface area contributed by atoms with Gasteiger partial charge in [-0.05, 0) is 44.2 Å². The first-order valence-corrected chi connectivity index (χ1v) is 10.2. The molecule has 160 valence electrons. The quantitative estimate of drug-likeness (QED) is 0.635. The average Bonchev–Trinajstić information content (AvgIpc) is 3.12. The molecule has 0 saturated carbocycles. The van der Waals surface area contributed by atoms with Crippen molar-refractivity contribution in [2.24, 2.45) is 0 Å². The van der Waals surface area contributed by atoms with E-state index >= 15 is 0 Å². The van der Waals surface area contributed by atoms with Crippen LogP contribution in [-0.2, 0) is 4.79 Å². The highest BCUT2D eigenvalue weighted by Crippen LogP contribution is 2.23. The minimum atomic E-state index is 0.0896. The molecule has 0 radical (unpaired) electrons. The van der Waals surface area contributed by atoms with Gasteiger partial charge in [-0.25, -0.2) is 4.68 Å². The van der Waals surface area contributed by atoms with Crippen molar-refractivity contribution in [3.05, 3.63) is 53.3 Å². The maximum absolute atomic E-state index is 11.7. The van der Waals surface area contributed by atoms with Crippen LogP contribution in [0, 0.1) is 13.8 Å². The summed E-state index contributed by atoms with van der Waals surface area (Å²) in [5, 5.41) is 7.79. The Kier molecular flexibility index (Phi) is 5.66. The molecule has 4 rings (SSSR count). The molecule has 0 spiro atoms. The van der Waals surface area contributed by atoms with E-state index in [1.165, 1.54) is 0 Å². The third kappa shape index (κ3) is 4.55. The number of carbonyl (C=O) groups excluding carboxylic acids is 2. The first-order chi connectivity index (χ1) is 14.9. The predicted octanol–water partition coefficient (Wildman–Crippen LogP) is 2.50. The van der Waals surface area contributed by atoms with Crippen molar-refractivity contribution < 1.29 is 9.59 Å². The SMILES string of the molecule is CC(=O)N1CCN(c2cc(-n3nc(C)cc3C)nc(Nc3ccc(C=O)cc3)n2)CC1. The van der Waals surface area contributed by atoms with Crippen molar-refractivity contribution in [3.63, 3.8) is 0 Å². The average molecular weight is 419 g/mol. The first kappa shape index (κ1) is 20.5. The van der Waals surface area contributed by atoms with Crippen LogP contribution < -0.4 is 10.2 Å². The summed E-state index contributed by atoms with van der Waals surface area (Å²) in [4.78, 5) is 36.0. The monoisotopic (exact) mass is 419 g/mol. The molecule has 1 saturated heterocycles. The van der Waals surface area contributed by atoms with Crippen LogP contribution in [-0.4, -0.2) is 63.0 Å². The summed E-state index contributed by atoms with van der Waals surface area (Å²) in [6.45, 7) is 8.23. The van der Waals surface area contributed by atoms with Crippen LogP contribution in [0.3, 0.4) is 0 Å². The van der Waals surface area contributed by atoms with Crippen LogP contribution in [0.5, 0.6) is 0 Å². The van der Waals surface area contributed by atoms with Gasteiger partial charge >= 0.3 is 0 Å². The van der Waals surface area contributed by atoms with Gasteiger partial charge in [-0.2, -0.15) is 15.1 Å². The van der Waals surface area contributed by atoms with Crippen LogP contribution in [0.15, 0.2) is 36.4 Å². The van der Waals surface area contributed by atoms with E-state index in [1.807, 2.05) is 43.0 Å². The standard InChI is InChI=1S/C22H25N7O2/c1-15-12-16(2)29(26-15)21-13-20(28-10-8-27(9-11-28)17(3)31)24-22(25-21)23-19-6-4-18(14-30)5-7-19/h4-7,12-14H,8-11H2,1-3H3,(H,23,24,25). The van der Waals surface area contributed by atoms with E-state index in [-0.39, 0.29) is 5.91 Å². The van der Waals surface area contributed by atoms with Gasteiger partial charge in [-0.1, -0.05) is 0 Å². The summed E-state index contributed by atoms with van der Waals surface area (Å²) in [5.41, 5.74) is 3.27. The predicted molar refractivity (Wildman–Crippen MR) is 118 cm³/mol. The van der Waals surface area contributed by atoms with Crippen LogP contribution in [0.2, 0.25) is 0 Å². The molecule has 0 atom stereocenters. The minimum absolute atomic E-state index is 0.0896. The van der Waals surface area contributed by atoms with Gasteiger partial charge in [0.25, 0.3) is 0 Å². The lowest BCUT2D eigenvalue weighted by atomic mass is 10.2. The zero-order chi connectivity index (χ0) is 22.0. The van der Waals surface area contributed by atoms with Crippen LogP contribution >= 0.6 is 0 Å². The smallest absolute Gasteiger partial charge is 0.231 e. The second kappa shape index (κ2) is 8.55. The molecule has 3 aromatic rings. The highest BCUT2D eigenvalue weighted by Gasteiger charge is 2.21. The number of anilines is 3. The van der Waals surface area contributed by atoms with Crippen molar-refractivity contribution in [1.82, 2.24) is 24.6 Å². The number of carbonyl (C=O) groups is 2. The van der Waals surface area contributed by atoms with Crippen LogP contribution in [0.25, 0.3) is 5.82 Å². The molecule has 3 heterocycles. The van der Waals surface area contributed by atoms with E-state index in [1.54, 1.807) is 23.7 Å². The molecule has 0 bridgehead atoms. The molecule has 1 aliphatic rings. The number of rotatable bonds is 5. The molecule has 1 aliphatic heterocycles. The molecular weight excluding hydrogens is 394 g/mol. The molecule has 9 nitrogen and oxygen atoms in total. The Balaban J connectivity index is 1.67. The number of nitrogens with one attached hydrogen (secondary N) is 1. The largest absolute Gasteiger partial charge is 0.353 e. The van der Waals surface area contributed by atoms with Crippen molar-refractivity contribution in [1.29, 1.82) is 0 Å². The molecule has 0 aliphatic carbocycles. The number of aldehydes is 1. The number of amides is 1. The molecule has 2 aromatic heterocycles. The fourth-order valence-electron chi connectivity index (χ4n) is 3.63. The highest BCUT2D eigenvalue weighted by molar-refractivity contribution is 5.76. The van der Waals surface area contributed by atoms with Crippen molar-refractivity contribution in [3.8, 4) is 5.82 Å². The zero-order valence-electron chi connectivity index (χ0n) is 17.9. The maximum Gasteiger partial charge on any atom is 0.231 e. The molecule has 1 amide bonds. The summed E-state index contributed by atoms with van der Waals surface area (Å²) in [5.74, 6) is 1.96. The van der Waals surface area contributed by atoms with Gasteiger partial charge in [0.15, 0.2) is 5.82 Å². The van der Waals surface area contributed by atoms with Gasteiger partial charge in [-0.3, -0.25) is 9.59 Å². The van der Waals surface area contributed by atoms with E-state index in [0.717, 1.165) is 29.2 Å². The maximum atomic E-state index is 11.7. The molecule has 1 aromatic carbocycles. The normalized spacial score (nSPS) is 13.9. The molecule has 31 heavy (non-hydrogen) atoms. The Morgan fingerprint density at radius 3 is 2.26 bits per heavy atom. The van der Waals surface area contributed by atoms with Crippen molar-refractivity contribution >= 4 is 29.6 Å². The number of piperazine rings is 1. The third-order valence-corrected chi connectivity index (χ3v) is 5.28. The van der Waals surface area contributed by atoms with E-state index in [9.17, 15) is 9.59 Å². The number of hydrogen-bond acceptors (Lipinski definition) is 7. The van der Waals surface area contributed by atoms with Gasteiger partial charge in [0, 0.05) is 56.1 Å². The van der Waals surface area contributed by atoms with E-state index < -0.39 is 0 Å². The number of hydrogen-bond donors (Lipinski definition) is 1. The lowest BCUT2D eigenvalue weighted by molar-refractivity contribution is -0.129. The Hall–Kier alpha value is -3.75. The first-order valence-electron chi connectivity index (χ1n) is 10.2. The summed E-state index contributed by atoms with van der Waals surface area (Å²) >= 11 is 0. The van der Waals surface area contributed by atoms with E-state index in [0.29, 0.717) is 43.5 Å². The fraction of sp³-hybridized carbons (Fsp3) is 0.318. The second-order valence-corrected chi connectivity index (χ2v) is 7.60. The Bertz CT molecular complexity index is 1100. The molecule has 9 heteroatoms. The molecular formula is C22H25N7O2. The van der Waals surface area contributed by atoms with Gasteiger partial charge < -0.3 is 15.1 Å². The molecule has 1 N–H and O–H groups in total. The Labute approximate surface area is 180 Å². The Morgan fingerprint density at radius 2 is 1.68 bits per heavy atom. The summed E-state index contributed by atoms with van der Waals surface area (Å²) in [6, 6.07) is 11.0. The topological polar surface area (TPSA) is 96.3 Å². The van der Waals surface area contributed by atoms with Crippen LogP contribution in [0.1, 0.15) is 28.7 Å². The third-order valence-electron chi connectivity index (χ3n) is 5.28. The number of aromatic nitrogens is 4. The molecule has 0 unspecified atom stereocenters. The summed E-state index contributed by atoms with van der Waals surface area (Å²) in [6.07, 6.45) is 0.808. The van der Waals surface area contributed by atoms with Gasteiger partial charge in [0.05, 0.1) is 5.69 Å². The number of aryl methyl sites for hydroxylation is 2. The van der Waals surface area contributed by atoms with Gasteiger partial charge in [-0.15, -0.1) is 0 Å². The number of nitrogens with zero attached hydrogens (tertiary/aromatic N) is 6. The molecule has 1 fully saturated rings. The second-order valence-electron chi connectivity index (χ2n) is 7.60. The van der Waals surface area contributed by atoms with E-state index in [4.69, 9.17) is 4.98 Å². The summed E-state index contributed by atoms with van der Waals surface area (Å²) in [7, 11) is 0. The summed E-state index contributed by atoms with van der Waals surface area (Å²) < 4.78 is 1.80. The van der Waals surface area contributed by atoms with Gasteiger partial charge in [0.1, 0.15) is 12.1 Å². The Morgan fingerprint density at radius 1 is 1.00 bits per heavy atom. The van der Waals surface area contributed by atoms with E-state index in [2.05, 4.69) is 20.3 Å². The minimum Gasteiger partial charge on any atom is -0.353 e. The van der Waals surface area contributed by atoms with Gasteiger partial charge in [0.2, 0.25) is 11.9 Å². The zero-order valence-corrected chi connectivity index (χ0v) is 17.9. The number of benzene rings is 1. The van der Waals surface area contributed by atoms with Crippen molar-refractivity contribution in [2.45, 2.75) is 20.8 Å². The fourth-order valence-corrected chi connectivity index (χ4v) is 3.63. The van der Waals surface area contributed by atoms with Crippen molar-refractivity contribution in [2.75, 3.05) is 36.4 Å².